The normalized spacial score (nSPS) is 11.8. The quantitative estimate of drug-likeness (QED) is 0.0618. The maximum atomic E-state index is 11.0. The SMILES string of the molecule is CCCCCCCC/C=C/CCCCCCC[N+](CCCC(=O)O)(CCCC(=O)O)CCCC(=O)O. The molecule has 0 aromatic carbocycles. The number of unbranched alkanes of at least 4 members (excludes halogenated alkanes) is 11. The highest BCUT2D eigenvalue weighted by molar-refractivity contribution is 5.67. The standard InChI is InChI=1S/C29H53NO6/c1-2-3-4-5-6-7-8-9-10-11-12-13-14-15-16-23-30(24-17-20-27(31)32,25-18-21-28(33)34)26-19-22-29(35)36/h9-10H,2-8,11-26H2,1H3,(H2-,31,32,33,34,35,36)/p+1/b10-9+. The first-order valence-corrected chi connectivity index (χ1v) is 14.5. The van der Waals surface area contributed by atoms with Crippen LogP contribution in [0.15, 0.2) is 12.2 Å². The number of hydrogen-bond donors (Lipinski definition) is 3. The summed E-state index contributed by atoms with van der Waals surface area (Å²) in [6.45, 7) is 5.09. The van der Waals surface area contributed by atoms with Crippen LogP contribution >= 0.6 is 0 Å². The Morgan fingerprint density at radius 1 is 0.500 bits per heavy atom. The average molecular weight is 513 g/mol. The first-order chi connectivity index (χ1) is 17.3. The lowest BCUT2D eigenvalue weighted by Gasteiger charge is -2.39. The summed E-state index contributed by atoms with van der Waals surface area (Å²) in [5.74, 6) is -2.49. The van der Waals surface area contributed by atoms with E-state index in [0.717, 1.165) is 32.2 Å². The van der Waals surface area contributed by atoms with Gasteiger partial charge < -0.3 is 19.8 Å². The monoisotopic (exact) mass is 512 g/mol. The van der Waals surface area contributed by atoms with Gasteiger partial charge in [0.15, 0.2) is 0 Å². The molecule has 0 radical (unpaired) electrons. The second-order valence-electron chi connectivity index (χ2n) is 10.3. The summed E-state index contributed by atoms with van der Waals surface area (Å²) < 4.78 is 0.634. The van der Waals surface area contributed by atoms with E-state index in [1.165, 1.54) is 57.8 Å². The predicted molar refractivity (Wildman–Crippen MR) is 145 cm³/mol. The van der Waals surface area contributed by atoms with Crippen LogP contribution in [0.5, 0.6) is 0 Å². The van der Waals surface area contributed by atoms with Gasteiger partial charge in [-0.15, -0.1) is 0 Å². The topological polar surface area (TPSA) is 112 Å². The fourth-order valence-electron chi connectivity index (χ4n) is 4.89. The van der Waals surface area contributed by atoms with Crippen LogP contribution in [0.3, 0.4) is 0 Å². The van der Waals surface area contributed by atoms with Crippen molar-refractivity contribution in [3.05, 3.63) is 12.2 Å². The molecule has 0 aliphatic heterocycles. The summed E-state index contributed by atoms with van der Waals surface area (Å²) >= 11 is 0. The fourth-order valence-corrected chi connectivity index (χ4v) is 4.89. The molecule has 0 saturated carbocycles. The smallest absolute Gasteiger partial charge is 0.303 e. The first kappa shape index (κ1) is 34.1. The zero-order valence-corrected chi connectivity index (χ0v) is 22.9. The van der Waals surface area contributed by atoms with E-state index in [-0.39, 0.29) is 19.3 Å². The summed E-state index contributed by atoms with van der Waals surface area (Å²) in [6.07, 6.45) is 22.5. The Hall–Kier alpha value is -1.89. The molecular formula is C29H54NO6+. The van der Waals surface area contributed by atoms with Crippen molar-refractivity contribution in [3.8, 4) is 0 Å². The van der Waals surface area contributed by atoms with Crippen molar-refractivity contribution in [3.63, 3.8) is 0 Å². The van der Waals surface area contributed by atoms with E-state index >= 15 is 0 Å². The molecule has 36 heavy (non-hydrogen) atoms. The lowest BCUT2D eigenvalue weighted by molar-refractivity contribution is -0.929. The van der Waals surface area contributed by atoms with E-state index < -0.39 is 17.9 Å². The van der Waals surface area contributed by atoms with Crippen molar-refractivity contribution in [1.29, 1.82) is 0 Å². The Labute approximate surface area is 219 Å². The van der Waals surface area contributed by atoms with Gasteiger partial charge in [-0.05, 0) is 38.5 Å². The highest BCUT2D eigenvalue weighted by Gasteiger charge is 2.27. The third kappa shape index (κ3) is 22.6. The van der Waals surface area contributed by atoms with Gasteiger partial charge in [0.05, 0.1) is 45.4 Å². The van der Waals surface area contributed by atoms with Crippen LogP contribution in [0, 0.1) is 0 Å². The zero-order chi connectivity index (χ0) is 26.9. The zero-order valence-electron chi connectivity index (χ0n) is 22.9. The molecule has 0 aromatic rings. The summed E-state index contributed by atoms with van der Waals surface area (Å²) in [6, 6.07) is 0. The van der Waals surface area contributed by atoms with Crippen LogP contribution in [0.2, 0.25) is 0 Å². The highest BCUT2D eigenvalue weighted by atomic mass is 16.4. The van der Waals surface area contributed by atoms with Gasteiger partial charge >= 0.3 is 17.9 Å². The van der Waals surface area contributed by atoms with Crippen molar-refractivity contribution < 1.29 is 34.2 Å². The van der Waals surface area contributed by atoms with Gasteiger partial charge in [-0.1, -0.05) is 64.0 Å². The van der Waals surface area contributed by atoms with Crippen molar-refractivity contribution in [1.82, 2.24) is 0 Å². The van der Waals surface area contributed by atoms with E-state index in [0.29, 0.717) is 43.4 Å². The Morgan fingerprint density at radius 3 is 1.22 bits per heavy atom. The van der Waals surface area contributed by atoms with Crippen LogP contribution in [-0.4, -0.2) is 63.9 Å². The molecule has 0 fully saturated rings. The van der Waals surface area contributed by atoms with Crippen LogP contribution in [0.1, 0.15) is 129 Å². The maximum Gasteiger partial charge on any atom is 0.303 e. The number of aliphatic carboxylic acids is 3. The van der Waals surface area contributed by atoms with E-state index in [1.54, 1.807) is 0 Å². The molecular weight excluding hydrogens is 458 g/mol. The number of carbonyl (C=O) groups is 3. The Kier molecular flexibility index (Phi) is 22.3. The van der Waals surface area contributed by atoms with Gasteiger partial charge in [0, 0.05) is 19.3 Å². The van der Waals surface area contributed by atoms with Crippen LogP contribution in [0.4, 0.5) is 0 Å². The minimum absolute atomic E-state index is 0.0875. The third-order valence-corrected chi connectivity index (χ3v) is 6.96. The molecule has 0 bridgehead atoms. The molecule has 0 heterocycles. The molecule has 0 aliphatic rings. The van der Waals surface area contributed by atoms with Crippen molar-refractivity contribution in [2.45, 2.75) is 129 Å². The molecule has 0 spiro atoms. The van der Waals surface area contributed by atoms with Gasteiger partial charge in [0.2, 0.25) is 0 Å². The van der Waals surface area contributed by atoms with Gasteiger partial charge in [-0.3, -0.25) is 14.4 Å². The highest BCUT2D eigenvalue weighted by Crippen LogP contribution is 2.18. The molecule has 210 valence electrons. The molecule has 0 aliphatic carbocycles. The molecule has 7 heteroatoms. The molecule has 7 nitrogen and oxygen atoms in total. The summed E-state index contributed by atoms with van der Waals surface area (Å²) in [5, 5.41) is 27.2. The Bertz CT molecular complexity index is 554. The first-order valence-electron chi connectivity index (χ1n) is 14.5. The number of nitrogens with zero attached hydrogens (tertiary/aromatic N) is 1. The molecule has 0 saturated heterocycles. The Balaban J connectivity index is 4.37. The predicted octanol–water partition coefficient (Wildman–Crippen LogP) is 7.05. The minimum Gasteiger partial charge on any atom is -0.481 e. The minimum atomic E-state index is -0.829. The van der Waals surface area contributed by atoms with Crippen molar-refractivity contribution in [2.75, 3.05) is 26.2 Å². The van der Waals surface area contributed by atoms with Crippen LogP contribution < -0.4 is 0 Å². The largest absolute Gasteiger partial charge is 0.481 e. The van der Waals surface area contributed by atoms with Gasteiger partial charge in [-0.25, -0.2) is 0 Å². The number of hydrogen-bond acceptors (Lipinski definition) is 3. The second kappa shape index (κ2) is 23.5. The number of rotatable bonds is 27. The van der Waals surface area contributed by atoms with E-state index in [1.807, 2.05) is 0 Å². The molecule has 0 rings (SSSR count). The lowest BCUT2D eigenvalue weighted by atomic mass is 10.1. The second-order valence-corrected chi connectivity index (χ2v) is 10.3. The number of carboxylic acid groups (broad SMARTS) is 3. The number of allylic oxidation sites excluding steroid dienone is 2. The molecule has 3 N–H and O–H groups in total. The average Bonchev–Trinajstić information content (AvgIpc) is 2.80. The summed E-state index contributed by atoms with van der Waals surface area (Å²) in [5.41, 5.74) is 0. The molecule has 0 unspecified atom stereocenters. The van der Waals surface area contributed by atoms with Gasteiger partial charge in [0.1, 0.15) is 0 Å². The lowest BCUT2D eigenvalue weighted by Crippen LogP contribution is -2.51. The van der Waals surface area contributed by atoms with Gasteiger partial charge in [-0.2, -0.15) is 0 Å². The number of quaternary nitrogens is 1. The van der Waals surface area contributed by atoms with Crippen molar-refractivity contribution in [2.24, 2.45) is 0 Å². The van der Waals surface area contributed by atoms with E-state index in [4.69, 9.17) is 15.3 Å². The summed E-state index contributed by atoms with van der Waals surface area (Å²) in [4.78, 5) is 33.1. The van der Waals surface area contributed by atoms with Crippen LogP contribution in [-0.2, 0) is 14.4 Å². The molecule has 0 amide bonds. The Morgan fingerprint density at radius 2 is 0.833 bits per heavy atom. The number of carboxylic acids is 3. The van der Waals surface area contributed by atoms with E-state index in [9.17, 15) is 14.4 Å². The van der Waals surface area contributed by atoms with Gasteiger partial charge in [0.25, 0.3) is 0 Å². The molecule has 0 aromatic heterocycles. The third-order valence-electron chi connectivity index (χ3n) is 6.96. The van der Waals surface area contributed by atoms with E-state index in [2.05, 4.69) is 19.1 Å². The maximum absolute atomic E-state index is 11.0. The van der Waals surface area contributed by atoms with Crippen LogP contribution in [0.25, 0.3) is 0 Å². The van der Waals surface area contributed by atoms with Crippen molar-refractivity contribution >= 4 is 17.9 Å². The fraction of sp³-hybridized carbons (Fsp3) is 0.828. The summed E-state index contributed by atoms with van der Waals surface area (Å²) in [7, 11) is 0. The molecule has 0 atom stereocenters.